The molecule has 7 aliphatic rings. The van der Waals surface area contributed by atoms with E-state index in [1.54, 1.807) is 16.4 Å². The van der Waals surface area contributed by atoms with E-state index in [1.807, 2.05) is 32.9 Å². The lowest BCUT2D eigenvalue weighted by Gasteiger charge is -2.38. The van der Waals surface area contributed by atoms with E-state index in [9.17, 15) is 66.3 Å². The summed E-state index contributed by atoms with van der Waals surface area (Å²) >= 11 is 2.25. The lowest BCUT2D eigenvalue weighted by Crippen LogP contribution is -2.43. The molecule has 596 valence electrons. The SMILES string of the molecule is C1CCOC1.CCC1CCc2cc(C(F)(F)F)ccc2N1S(=O)(=O)c1ccc(OCC2CCOCC2)c(C(C)=O)c1.CCC1CCc2cc(C(F)(F)F)ccc2N1S(=O)(=O)c1ccc(OCC2CCOCC2)c(CO)c1.CCC1CCc2cc(I)ccc2N1S(=O)(=O)c1ccc(OCC2CCOCC2)c(C(C)=O)c1. The predicted molar refractivity (Wildman–Crippen MR) is 411 cm³/mol. The zero-order chi connectivity index (χ0) is 78.4. The molecule has 0 radical (unpaired) electrons. The van der Waals surface area contributed by atoms with Crippen LogP contribution >= 0.6 is 22.6 Å². The van der Waals surface area contributed by atoms with Crippen LogP contribution < -0.4 is 27.1 Å². The number of rotatable bonds is 21. The van der Waals surface area contributed by atoms with Crippen LogP contribution in [0.25, 0.3) is 0 Å². The first kappa shape index (κ1) is 84.9. The largest absolute Gasteiger partial charge is 0.493 e. The molecule has 0 aromatic heterocycles. The molecule has 0 bridgehead atoms. The zero-order valence-corrected chi connectivity index (χ0v) is 66.8. The number of anilines is 3. The van der Waals surface area contributed by atoms with E-state index in [0.717, 1.165) is 123 Å². The van der Waals surface area contributed by atoms with E-state index in [1.165, 1.54) is 89.9 Å². The average Bonchev–Trinajstić information content (AvgIpc) is 0.982. The van der Waals surface area contributed by atoms with Crippen molar-refractivity contribution in [2.24, 2.45) is 17.8 Å². The van der Waals surface area contributed by atoms with Gasteiger partial charge < -0.3 is 38.3 Å². The summed E-state index contributed by atoms with van der Waals surface area (Å²) < 4.78 is 206. The highest BCUT2D eigenvalue weighted by Crippen LogP contribution is 2.45. The summed E-state index contributed by atoms with van der Waals surface area (Å²) in [6.45, 7) is 15.5. The molecular weight excluding hydrogens is 1600 g/mol. The molecule has 0 spiro atoms. The van der Waals surface area contributed by atoms with Crippen molar-refractivity contribution >= 4 is 81.3 Å². The number of nitrogens with zero attached hydrogens (tertiary/aromatic N) is 3. The van der Waals surface area contributed by atoms with E-state index in [4.69, 9.17) is 33.2 Å². The minimum atomic E-state index is -4.52. The molecule has 109 heavy (non-hydrogen) atoms. The summed E-state index contributed by atoms with van der Waals surface area (Å²) in [6, 6.07) is 24.6. The summed E-state index contributed by atoms with van der Waals surface area (Å²) in [5, 5.41) is 9.90. The molecule has 4 saturated heterocycles. The van der Waals surface area contributed by atoms with Crippen molar-refractivity contribution in [3.63, 3.8) is 0 Å². The molecule has 3 atom stereocenters. The van der Waals surface area contributed by atoms with E-state index in [-0.39, 0.29) is 55.3 Å². The van der Waals surface area contributed by atoms with Gasteiger partial charge in [0.25, 0.3) is 30.1 Å². The van der Waals surface area contributed by atoms with Gasteiger partial charge in [-0.25, -0.2) is 25.3 Å². The third-order valence-corrected chi connectivity index (χ3v) is 27.3. The molecule has 29 heteroatoms. The fraction of sp³-hybridized carbons (Fsp3) is 0.525. The molecule has 6 aromatic rings. The number of fused-ring (bicyclic) bond motifs is 3. The minimum Gasteiger partial charge on any atom is -0.493 e. The Morgan fingerprint density at radius 1 is 0.440 bits per heavy atom. The summed E-state index contributed by atoms with van der Waals surface area (Å²) in [6.07, 6.45) is 3.73. The van der Waals surface area contributed by atoms with Gasteiger partial charge in [-0.1, -0.05) is 20.8 Å². The predicted octanol–water partition coefficient (Wildman–Crippen LogP) is 16.6. The molecule has 0 amide bonds. The maximum absolute atomic E-state index is 13.9. The summed E-state index contributed by atoms with van der Waals surface area (Å²) in [7, 11) is -12.1. The Labute approximate surface area is 649 Å². The maximum Gasteiger partial charge on any atom is 0.416 e. The quantitative estimate of drug-likeness (QED) is 0.0401. The van der Waals surface area contributed by atoms with Gasteiger partial charge in [0.05, 0.1) is 80.4 Å². The molecule has 3 unspecified atom stereocenters. The van der Waals surface area contributed by atoms with Crippen molar-refractivity contribution in [2.45, 2.75) is 196 Å². The lowest BCUT2D eigenvalue weighted by atomic mass is 9.95. The number of halogens is 7. The second kappa shape index (κ2) is 37.8. The van der Waals surface area contributed by atoms with Crippen LogP contribution in [0.2, 0.25) is 0 Å². The minimum absolute atomic E-state index is 0.0360. The van der Waals surface area contributed by atoms with Crippen molar-refractivity contribution in [2.75, 3.05) is 85.6 Å². The highest BCUT2D eigenvalue weighted by Gasteiger charge is 2.42. The van der Waals surface area contributed by atoms with E-state index < -0.39 is 66.2 Å². The molecular formula is C80H98F6IN3O16S3. The number of aryl methyl sites for hydroxylation is 3. The number of Topliss-reactive ketones (excluding diaryl/α,β-unsaturated/α-hetero) is 2. The smallest absolute Gasteiger partial charge is 0.416 e. The van der Waals surface area contributed by atoms with E-state index in [0.29, 0.717) is 142 Å². The number of sulfonamides is 3. The number of alkyl halides is 6. The Kier molecular flexibility index (Phi) is 29.5. The van der Waals surface area contributed by atoms with Gasteiger partial charge >= 0.3 is 12.4 Å². The van der Waals surface area contributed by atoms with Crippen molar-refractivity contribution in [1.29, 1.82) is 0 Å². The Bertz CT molecular complexity index is 4460. The number of carbonyl (C=O) groups is 2. The fourth-order valence-corrected chi connectivity index (χ4v) is 20.7. The zero-order valence-electron chi connectivity index (χ0n) is 62.1. The average molecular weight is 1690 g/mol. The topological polar surface area (TPSA) is 231 Å². The van der Waals surface area contributed by atoms with Crippen molar-refractivity contribution < 1.29 is 99.4 Å². The number of aliphatic hydroxyl groups is 1. The van der Waals surface area contributed by atoms with Crippen LogP contribution in [0.15, 0.2) is 124 Å². The van der Waals surface area contributed by atoms with Gasteiger partial charge in [0.2, 0.25) is 0 Å². The molecule has 7 aliphatic heterocycles. The lowest BCUT2D eigenvalue weighted by molar-refractivity contribution is -0.138. The van der Waals surface area contributed by atoms with E-state index in [2.05, 4.69) is 28.7 Å². The normalized spacial score (nSPS) is 19.5. The van der Waals surface area contributed by atoms with Gasteiger partial charge in [-0.15, -0.1) is 0 Å². The van der Waals surface area contributed by atoms with Crippen LogP contribution in [0.3, 0.4) is 0 Å². The Hall–Kier alpha value is -6.58. The molecule has 0 aliphatic carbocycles. The molecule has 6 aromatic carbocycles. The Morgan fingerprint density at radius 2 is 0.761 bits per heavy atom. The molecule has 19 nitrogen and oxygen atoms in total. The highest BCUT2D eigenvalue weighted by atomic mass is 127. The molecule has 1 N–H and O–H groups in total. The molecule has 13 rings (SSSR count). The Balaban J connectivity index is 0.000000168. The van der Waals surface area contributed by atoms with Gasteiger partial charge in [-0.05, 0) is 289 Å². The summed E-state index contributed by atoms with van der Waals surface area (Å²) in [4.78, 5) is 24.8. The number of ketones is 2. The third kappa shape index (κ3) is 21.0. The second-order valence-corrected chi connectivity index (χ2v) is 35.1. The molecule has 4 fully saturated rings. The molecule has 7 heterocycles. The monoisotopic (exact) mass is 1690 g/mol. The number of carbonyl (C=O) groups excluding carboxylic acids is 2. The number of aliphatic hydroxyl groups excluding tert-OH is 1. The van der Waals surface area contributed by atoms with Gasteiger partial charge in [-0.3, -0.25) is 22.5 Å². The van der Waals surface area contributed by atoms with Gasteiger partial charge in [-0.2, -0.15) is 26.3 Å². The van der Waals surface area contributed by atoms with Crippen LogP contribution in [0.5, 0.6) is 17.2 Å². The fourth-order valence-electron chi connectivity index (χ4n) is 14.7. The first-order valence-electron chi connectivity index (χ1n) is 37.5. The summed E-state index contributed by atoms with van der Waals surface area (Å²) in [5.74, 6) is 1.61. The number of ether oxygens (including phenoxy) is 7. The van der Waals surface area contributed by atoms with E-state index >= 15 is 0 Å². The highest BCUT2D eigenvalue weighted by molar-refractivity contribution is 14.1. The van der Waals surface area contributed by atoms with Crippen LogP contribution in [-0.4, -0.2) is 133 Å². The van der Waals surface area contributed by atoms with Gasteiger partial charge in [0.15, 0.2) is 11.6 Å². The number of hydrogen-bond acceptors (Lipinski definition) is 16. The molecule has 0 saturated carbocycles. The van der Waals surface area contributed by atoms with Gasteiger partial charge in [0.1, 0.15) is 17.2 Å². The number of hydrogen-bond donors (Lipinski definition) is 1. The van der Waals surface area contributed by atoms with Crippen LogP contribution in [-0.2, 0) is 87.2 Å². The van der Waals surface area contributed by atoms with Crippen molar-refractivity contribution in [3.05, 3.63) is 157 Å². The van der Waals surface area contributed by atoms with Crippen LogP contribution in [0.1, 0.15) is 179 Å². The van der Waals surface area contributed by atoms with Crippen LogP contribution in [0, 0.1) is 21.3 Å². The first-order chi connectivity index (χ1) is 52.0. The number of benzene rings is 6. The standard InChI is InChI=1S/C26H30F3NO5S.C25H30F3NO5S.C25H30INO5S.C4H8O/c1-3-21-6-4-19-14-20(26(27,28)29)5-8-24(19)30(21)36(32,33)22-7-9-25(23(15-22)17(2)31)35-16-18-10-12-34-13-11-18;1-2-21-5-3-18-13-20(25(26,27)28)4-7-23(18)29(21)35(31,32)22-6-8-24(19(14-22)15-30)34-16-17-9-11-33-12-10-17;1-3-21-6-4-19-14-20(26)5-8-24(19)27(21)33(29,30)22-7-9-25(23(15-22)17(2)28)32-16-18-10-12-31-13-11-18;1-2-4-5-3-1/h5,7-9,14-15,18,21H,3-4,6,10-13,16H2,1-2H3;4,6-8,13-14,17,21,30H,2-3,5,9-12,15-16H2,1H3;5,7-9,14-15,18,21H,3-4,6,10-13,16H2,1-2H3;1-4H2. The van der Waals surface area contributed by atoms with Gasteiger partial charge in [0, 0.05) is 80.1 Å². The maximum atomic E-state index is 13.9. The third-order valence-electron chi connectivity index (χ3n) is 21.0. The van der Waals surface area contributed by atoms with Crippen LogP contribution in [0.4, 0.5) is 43.4 Å². The first-order valence-corrected chi connectivity index (χ1v) is 42.9. The Morgan fingerprint density at radius 3 is 1.08 bits per heavy atom. The second-order valence-electron chi connectivity index (χ2n) is 28.4. The van der Waals surface area contributed by atoms with Crippen molar-refractivity contribution in [1.82, 2.24) is 0 Å². The summed E-state index contributed by atoms with van der Waals surface area (Å²) in [5.41, 5.74) is 2.17. The van der Waals surface area contributed by atoms with Crippen molar-refractivity contribution in [3.8, 4) is 17.2 Å².